The Labute approximate surface area is 99.0 Å². The number of hydrogen-bond acceptors (Lipinski definition) is 5. The maximum Gasteiger partial charge on any atom is 0.287 e. The zero-order valence-electron chi connectivity index (χ0n) is 9.64. The third kappa shape index (κ3) is 3.43. The van der Waals surface area contributed by atoms with Crippen LogP contribution in [0.15, 0.2) is 18.2 Å². The number of benzene rings is 1. The summed E-state index contributed by atoms with van der Waals surface area (Å²) in [4.78, 5) is 10.1. The number of nitro groups is 1. The van der Waals surface area contributed by atoms with E-state index in [9.17, 15) is 10.1 Å². The molecule has 1 aromatic carbocycles. The van der Waals surface area contributed by atoms with Gasteiger partial charge in [-0.1, -0.05) is 0 Å². The second-order valence-electron chi connectivity index (χ2n) is 3.60. The van der Waals surface area contributed by atoms with E-state index in [2.05, 4.69) is 5.32 Å². The molecule has 17 heavy (non-hydrogen) atoms. The molecule has 0 amide bonds. The fourth-order valence-corrected chi connectivity index (χ4v) is 1.45. The number of nitriles is 1. The van der Waals surface area contributed by atoms with Gasteiger partial charge in [0.1, 0.15) is 11.6 Å². The van der Waals surface area contributed by atoms with Crippen LogP contribution in [0, 0.1) is 21.4 Å². The Morgan fingerprint density at radius 1 is 1.65 bits per heavy atom. The molecule has 0 heterocycles. The normalized spacial score (nSPS) is 11.6. The van der Waals surface area contributed by atoms with Gasteiger partial charge in [0, 0.05) is 24.9 Å². The van der Waals surface area contributed by atoms with E-state index in [4.69, 9.17) is 10.00 Å². The van der Waals surface area contributed by atoms with Crippen molar-refractivity contribution in [1.29, 1.82) is 5.26 Å². The number of nitrogens with one attached hydrogen (secondary N) is 1. The summed E-state index contributed by atoms with van der Waals surface area (Å²) >= 11 is 0. The van der Waals surface area contributed by atoms with Crippen molar-refractivity contribution in [2.24, 2.45) is 0 Å². The molecule has 1 N–H and O–H groups in total. The molecule has 0 saturated heterocycles. The monoisotopic (exact) mass is 235 g/mol. The molecule has 0 aliphatic rings. The SMILES string of the molecule is COCC(C)Nc1ccc([N+](=O)[O-])c(C#N)c1. The Hall–Kier alpha value is -2.13. The molecule has 6 nitrogen and oxygen atoms in total. The summed E-state index contributed by atoms with van der Waals surface area (Å²) in [5.74, 6) is 0. The van der Waals surface area contributed by atoms with E-state index in [1.54, 1.807) is 13.2 Å². The maximum atomic E-state index is 10.6. The molecule has 1 aromatic rings. The molecule has 1 atom stereocenters. The van der Waals surface area contributed by atoms with Crippen LogP contribution < -0.4 is 5.32 Å². The average molecular weight is 235 g/mol. The molecule has 0 aliphatic carbocycles. The Morgan fingerprint density at radius 2 is 2.35 bits per heavy atom. The van der Waals surface area contributed by atoms with Gasteiger partial charge in [0.15, 0.2) is 0 Å². The minimum Gasteiger partial charge on any atom is -0.383 e. The van der Waals surface area contributed by atoms with E-state index in [-0.39, 0.29) is 17.3 Å². The first kappa shape index (κ1) is 12.9. The highest BCUT2D eigenvalue weighted by molar-refractivity contribution is 5.58. The molecule has 0 spiro atoms. The predicted molar refractivity (Wildman–Crippen MR) is 62.8 cm³/mol. The van der Waals surface area contributed by atoms with Gasteiger partial charge >= 0.3 is 0 Å². The molecule has 90 valence electrons. The number of nitro benzene ring substituents is 1. The Morgan fingerprint density at radius 3 is 2.88 bits per heavy atom. The van der Waals surface area contributed by atoms with Gasteiger partial charge in [0.05, 0.1) is 11.5 Å². The fourth-order valence-electron chi connectivity index (χ4n) is 1.45. The van der Waals surface area contributed by atoms with Gasteiger partial charge < -0.3 is 10.1 Å². The summed E-state index contributed by atoms with van der Waals surface area (Å²) in [7, 11) is 1.59. The van der Waals surface area contributed by atoms with Gasteiger partial charge in [-0.2, -0.15) is 5.26 Å². The van der Waals surface area contributed by atoms with Crippen LogP contribution >= 0.6 is 0 Å². The second-order valence-corrected chi connectivity index (χ2v) is 3.60. The number of ether oxygens (including phenoxy) is 1. The largest absolute Gasteiger partial charge is 0.383 e. The second kappa shape index (κ2) is 5.82. The lowest BCUT2D eigenvalue weighted by Crippen LogP contribution is -2.20. The van der Waals surface area contributed by atoms with Crippen LogP contribution in [0.25, 0.3) is 0 Å². The summed E-state index contributed by atoms with van der Waals surface area (Å²) in [6.07, 6.45) is 0. The molecule has 0 bridgehead atoms. The summed E-state index contributed by atoms with van der Waals surface area (Å²) in [5, 5.41) is 22.5. The van der Waals surface area contributed by atoms with Crippen molar-refractivity contribution in [2.45, 2.75) is 13.0 Å². The molecule has 0 aliphatic heterocycles. The smallest absolute Gasteiger partial charge is 0.287 e. The Bertz CT molecular complexity index is 454. The van der Waals surface area contributed by atoms with E-state index >= 15 is 0 Å². The standard InChI is InChI=1S/C11H13N3O3/c1-8(7-17-2)13-10-3-4-11(14(15)16)9(5-10)6-12/h3-5,8,13H,7H2,1-2H3. The van der Waals surface area contributed by atoms with Crippen molar-refractivity contribution in [1.82, 2.24) is 0 Å². The number of hydrogen-bond donors (Lipinski definition) is 1. The van der Waals surface area contributed by atoms with E-state index in [0.29, 0.717) is 12.3 Å². The summed E-state index contributed by atoms with van der Waals surface area (Å²) < 4.78 is 4.96. The van der Waals surface area contributed by atoms with Crippen LogP contribution in [0.3, 0.4) is 0 Å². The molecule has 1 unspecified atom stereocenters. The third-order valence-electron chi connectivity index (χ3n) is 2.14. The minimum atomic E-state index is -0.569. The lowest BCUT2D eigenvalue weighted by molar-refractivity contribution is -0.385. The first-order valence-corrected chi connectivity index (χ1v) is 5.02. The van der Waals surface area contributed by atoms with Crippen LogP contribution in [0.1, 0.15) is 12.5 Å². The van der Waals surface area contributed by atoms with Crippen molar-refractivity contribution >= 4 is 11.4 Å². The van der Waals surface area contributed by atoms with Crippen LogP contribution in [0.4, 0.5) is 11.4 Å². The molecule has 0 radical (unpaired) electrons. The highest BCUT2D eigenvalue weighted by Gasteiger charge is 2.14. The zero-order valence-corrected chi connectivity index (χ0v) is 9.64. The third-order valence-corrected chi connectivity index (χ3v) is 2.14. The van der Waals surface area contributed by atoms with Gasteiger partial charge in [-0.15, -0.1) is 0 Å². The Kier molecular flexibility index (Phi) is 4.43. The van der Waals surface area contributed by atoms with Gasteiger partial charge in [0.2, 0.25) is 0 Å². The van der Waals surface area contributed by atoms with Gasteiger partial charge in [0.25, 0.3) is 5.69 Å². The highest BCUT2D eigenvalue weighted by atomic mass is 16.6. The van der Waals surface area contributed by atoms with Crippen LogP contribution in [-0.2, 0) is 4.74 Å². The first-order chi connectivity index (χ1) is 8.08. The van der Waals surface area contributed by atoms with Crippen LogP contribution in [0.5, 0.6) is 0 Å². The van der Waals surface area contributed by atoms with Gasteiger partial charge in [-0.25, -0.2) is 0 Å². The quantitative estimate of drug-likeness (QED) is 0.622. The molecular formula is C11H13N3O3. The topological polar surface area (TPSA) is 88.2 Å². The van der Waals surface area contributed by atoms with E-state index < -0.39 is 4.92 Å². The van der Waals surface area contributed by atoms with Gasteiger partial charge in [-0.05, 0) is 19.1 Å². The summed E-state index contributed by atoms with van der Waals surface area (Å²) in [6, 6.07) is 6.23. The zero-order chi connectivity index (χ0) is 12.8. The molecule has 1 rings (SSSR count). The number of anilines is 1. The number of nitrogens with zero attached hydrogens (tertiary/aromatic N) is 2. The molecule has 0 saturated carbocycles. The number of methoxy groups -OCH3 is 1. The van der Waals surface area contributed by atoms with Crippen molar-refractivity contribution < 1.29 is 9.66 Å². The lowest BCUT2D eigenvalue weighted by Gasteiger charge is -2.14. The molecule has 6 heteroatoms. The average Bonchev–Trinajstić information content (AvgIpc) is 2.28. The molecule has 0 aromatic heterocycles. The maximum absolute atomic E-state index is 10.6. The predicted octanol–water partition coefficient (Wildman–Crippen LogP) is 1.91. The molecular weight excluding hydrogens is 222 g/mol. The van der Waals surface area contributed by atoms with Crippen molar-refractivity contribution in [2.75, 3.05) is 19.0 Å². The molecule has 0 fully saturated rings. The highest BCUT2D eigenvalue weighted by Crippen LogP contribution is 2.22. The van der Waals surface area contributed by atoms with Gasteiger partial charge in [-0.3, -0.25) is 10.1 Å². The first-order valence-electron chi connectivity index (χ1n) is 5.02. The van der Waals surface area contributed by atoms with Crippen molar-refractivity contribution in [3.05, 3.63) is 33.9 Å². The fraction of sp³-hybridized carbons (Fsp3) is 0.364. The van der Waals surface area contributed by atoms with Crippen molar-refractivity contribution in [3.8, 4) is 6.07 Å². The van der Waals surface area contributed by atoms with E-state index in [1.807, 2.05) is 13.0 Å². The van der Waals surface area contributed by atoms with Crippen LogP contribution in [0.2, 0.25) is 0 Å². The minimum absolute atomic E-state index is 0.0459. The van der Waals surface area contributed by atoms with E-state index in [1.165, 1.54) is 12.1 Å². The van der Waals surface area contributed by atoms with Crippen LogP contribution in [-0.4, -0.2) is 24.7 Å². The Balaban J connectivity index is 2.91. The summed E-state index contributed by atoms with van der Waals surface area (Å²) in [5.41, 5.74) is 0.527. The van der Waals surface area contributed by atoms with E-state index in [0.717, 1.165) is 0 Å². The lowest BCUT2D eigenvalue weighted by atomic mass is 10.1. The van der Waals surface area contributed by atoms with Crippen molar-refractivity contribution in [3.63, 3.8) is 0 Å². The summed E-state index contributed by atoms with van der Waals surface area (Å²) in [6.45, 7) is 2.43. The number of rotatable bonds is 5.